The summed E-state index contributed by atoms with van der Waals surface area (Å²) in [6.07, 6.45) is 10.9. The van der Waals surface area contributed by atoms with E-state index in [2.05, 4.69) is 65.6 Å². The second-order valence-electron chi connectivity index (χ2n) is 7.15. The van der Waals surface area contributed by atoms with Crippen molar-refractivity contribution in [1.82, 2.24) is 0 Å². The van der Waals surface area contributed by atoms with E-state index in [1.807, 2.05) is 0 Å². The number of para-hydroxylation sites is 2. The third-order valence-corrected chi connectivity index (χ3v) is 4.91. The second-order valence-corrected chi connectivity index (χ2v) is 7.15. The molecule has 0 unspecified atom stereocenters. The van der Waals surface area contributed by atoms with Crippen LogP contribution in [0.3, 0.4) is 0 Å². The van der Waals surface area contributed by atoms with Crippen molar-refractivity contribution in [2.75, 3.05) is 11.4 Å². The van der Waals surface area contributed by atoms with Gasteiger partial charge in [-0.15, -0.1) is 0 Å². The Hall–Kier alpha value is -2.29. The largest absolute Gasteiger partial charge is 0.481 e. The lowest BCUT2D eigenvalue weighted by molar-refractivity contribution is -0.137. The van der Waals surface area contributed by atoms with Gasteiger partial charge in [0.05, 0.1) is 0 Å². The highest BCUT2D eigenvalue weighted by atomic mass is 16.4. The molecule has 0 radical (unpaired) electrons. The predicted octanol–water partition coefficient (Wildman–Crippen LogP) is 6.81. The van der Waals surface area contributed by atoms with Crippen molar-refractivity contribution < 1.29 is 9.90 Å². The Morgan fingerprint density at radius 1 is 0.630 bits per heavy atom. The van der Waals surface area contributed by atoms with E-state index >= 15 is 0 Å². The highest BCUT2D eigenvalue weighted by Gasteiger charge is 2.08. The number of carboxylic acids is 1. The van der Waals surface area contributed by atoms with Crippen LogP contribution in [0, 0.1) is 0 Å². The number of carbonyl (C=O) groups is 1. The maximum atomic E-state index is 10.5. The third-order valence-electron chi connectivity index (χ3n) is 4.91. The maximum absolute atomic E-state index is 10.5. The van der Waals surface area contributed by atoms with Crippen molar-refractivity contribution in [3.8, 4) is 0 Å². The van der Waals surface area contributed by atoms with E-state index in [9.17, 15) is 4.79 Å². The minimum atomic E-state index is -0.671. The van der Waals surface area contributed by atoms with Gasteiger partial charge >= 0.3 is 5.97 Å². The molecule has 3 heteroatoms. The Morgan fingerprint density at radius 2 is 1.04 bits per heavy atom. The SMILES string of the molecule is O=C(O)CCCCCCCCCCCN(c1ccccc1)c1ccccc1. The van der Waals surface area contributed by atoms with E-state index in [4.69, 9.17) is 5.11 Å². The smallest absolute Gasteiger partial charge is 0.303 e. The van der Waals surface area contributed by atoms with Gasteiger partial charge in [0.1, 0.15) is 0 Å². The van der Waals surface area contributed by atoms with Gasteiger partial charge in [-0.1, -0.05) is 81.3 Å². The molecule has 0 aliphatic rings. The van der Waals surface area contributed by atoms with Crippen LogP contribution >= 0.6 is 0 Å². The number of carboxylic acid groups (broad SMARTS) is 1. The van der Waals surface area contributed by atoms with Crippen LogP contribution in [0.1, 0.15) is 64.2 Å². The molecular formula is C24H33NO2. The number of unbranched alkanes of at least 4 members (excludes halogenated alkanes) is 8. The predicted molar refractivity (Wildman–Crippen MR) is 114 cm³/mol. The average molecular weight is 368 g/mol. The molecule has 27 heavy (non-hydrogen) atoms. The van der Waals surface area contributed by atoms with Crippen LogP contribution in [0.15, 0.2) is 60.7 Å². The summed E-state index contributed by atoms with van der Waals surface area (Å²) >= 11 is 0. The molecule has 0 heterocycles. The summed E-state index contributed by atoms with van der Waals surface area (Å²) in [4.78, 5) is 12.9. The summed E-state index contributed by atoms with van der Waals surface area (Å²) in [5.74, 6) is -0.671. The van der Waals surface area contributed by atoms with Crippen LogP contribution in [0.2, 0.25) is 0 Å². The highest BCUT2D eigenvalue weighted by molar-refractivity contribution is 5.66. The van der Waals surface area contributed by atoms with Gasteiger partial charge in [-0.2, -0.15) is 0 Å². The lowest BCUT2D eigenvalue weighted by atomic mass is 10.1. The van der Waals surface area contributed by atoms with Gasteiger partial charge in [0, 0.05) is 24.3 Å². The maximum Gasteiger partial charge on any atom is 0.303 e. The van der Waals surface area contributed by atoms with Crippen LogP contribution in [0.5, 0.6) is 0 Å². The van der Waals surface area contributed by atoms with E-state index in [1.54, 1.807) is 0 Å². The van der Waals surface area contributed by atoms with Gasteiger partial charge in [-0.3, -0.25) is 4.79 Å². The van der Waals surface area contributed by atoms with Gasteiger partial charge in [0.15, 0.2) is 0 Å². The Kier molecular flexibility index (Phi) is 10.1. The fourth-order valence-corrected chi connectivity index (χ4v) is 3.41. The molecule has 3 nitrogen and oxygen atoms in total. The zero-order valence-corrected chi connectivity index (χ0v) is 16.4. The Morgan fingerprint density at radius 3 is 1.48 bits per heavy atom. The zero-order valence-electron chi connectivity index (χ0n) is 16.4. The highest BCUT2D eigenvalue weighted by Crippen LogP contribution is 2.25. The molecule has 2 aromatic carbocycles. The van der Waals surface area contributed by atoms with Gasteiger partial charge in [-0.25, -0.2) is 0 Å². The Labute approximate surface area is 164 Å². The van der Waals surface area contributed by atoms with Gasteiger partial charge in [0.2, 0.25) is 0 Å². The molecule has 0 amide bonds. The first-order valence-electron chi connectivity index (χ1n) is 10.4. The molecule has 0 spiro atoms. The number of anilines is 2. The standard InChI is InChI=1S/C24H33NO2/c26-24(27)20-14-6-4-2-1-3-5-7-15-21-25(22-16-10-8-11-17-22)23-18-12-9-13-19-23/h8-13,16-19H,1-7,14-15,20-21H2,(H,26,27). The molecule has 1 N–H and O–H groups in total. The fourth-order valence-electron chi connectivity index (χ4n) is 3.41. The Bertz CT molecular complexity index is 588. The van der Waals surface area contributed by atoms with Crippen molar-refractivity contribution in [1.29, 1.82) is 0 Å². The van der Waals surface area contributed by atoms with E-state index in [0.29, 0.717) is 6.42 Å². The number of nitrogens with zero attached hydrogens (tertiary/aromatic N) is 1. The molecule has 0 aliphatic heterocycles. The van der Waals surface area contributed by atoms with Crippen LogP contribution < -0.4 is 4.90 Å². The number of aliphatic carboxylic acids is 1. The van der Waals surface area contributed by atoms with Gasteiger partial charge in [0.25, 0.3) is 0 Å². The molecule has 0 saturated heterocycles. The first-order chi connectivity index (χ1) is 13.3. The lowest BCUT2D eigenvalue weighted by Gasteiger charge is -2.25. The first-order valence-corrected chi connectivity index (χ1v) is 10.4. The lowest BCUT2D eigenvalue weighted by Crippen LogP contribution is -2.18. The van der Waals surface area contributed by atoms with Gasteiger partial charge < -0.3 is 10.0 Å². The van der Waals surface area contributed by atoms with Gasteiger partial charge in [-0.05, 0) is 37.1 Å². The quantitative estimate of drug-likeness (QED) is 0.373. The molecule has 2 rings (SSSR count). The third kappa shape index (κ3) is 8.76. The number of benzene rings is 2. The number of hydrogen-bond acceptors (Lipinski definition) is 2. The van der Waals surface area contributed by atoms with E-state index in [-0.39, 0.29) is 0 Å². The molecular weight excluding hydrogens is 334 g/mol. The first kappa shape index (κ1) is 21.0. The van der Waals surface area contributed by atoms with Crippen molar-refractivity contribution in [3.63, 3.8) is 0 Å². The number of rotatable bonds is 14. The van der Waals surface area contributed by atoms with Crippen molar-refractivity contribution >= 4 is 17.3 Å². The normalized spacial score (nSPS) is 10.7. The summed E-state index contributed by atoms with van der Waals surface area (Å²) in [7, 11) is 0. The van der Waals surface area contributed by atoms with Crippen LogP contribution in [-0.2, 0) is 4.79 Å². The fraction of sp³-hybridized carbons (Fsp3) is 0.458. The summed E-state index contributed by atoms with van der Waals surface area (Å²) in [5, 5.41) is 8.62. The summed E-state index contributed by atoms with van der Waals surface area (Å²) in [5.41, 5.74) is 2.51. The van der Waals surface area contributed by atoms with Crippen molar-refractivity contribution in [2.24, 2.45) is 0 Å². The average Bonchev–Trinajstić information content (AvgIpc) is 2.70. The summed E-state index contributed by atoms with van der Waals surface area (Å²) in [6.45, 7) is 1.04. The molecule has 0 aromatic heterocycles. The van der Waals surface area contributed by atoms with Crippen molar-refractivity contribution in [2.45, 2.75) is 64.2 Å². The molecule has 0 bridgehead atoms. The zero-order chi connectivity index (χ0) is 19.2. The molecule has 2 aromatic rings. The van der Waals surface area contributed by atoms with Crippen LogP contribution in [-0.4, -0.2) is 17.6 Å². The van der Waals surface area contributed by atoms with Crippen LogP contribution in [0.4, 0.5) is 11.4 Å². The molecule has 0 atom stereocenters. The van der Waals surface area contributed by atoms with Crippen LogP contribution in [0.25, 0.3) is 0 Å². The second kappa shape index (κ2) is 13.0. The minimum Gasteiger partial charge on any atom is -0.481 e. The molecule has 146 valence electrons. The summed E-state index contributed by atoms with van der Waals surface area (Å²) in [6, 6.07) is 21.2. The number of hydrogen-bond donors (Lipinski definition) is 1. The monoisotopic (exact) mass is 367 g/mol. The topological polar surface area (TPSA) is 40.5 Å². The van der Waals surface area contributed by atoms with Crippen molar-refractivity contribution in [3.05, 3.63) is 60.7 Å². The molecule has 0 aliphatic carbocycles. The van der Waals surface area contributed by atoms with E-state index in [0.717, 1.165) is 19.4 Å². The van der Waals surface area contributed by atoms with E-state index < -0.39 is 5.97 Å². The Balaban J connectivity index is 1.62. The molecule has 0 fully saturated rings. The summed E-state index contributed by atoms with van der Waals surface area (Å²) < 4.78 is 0. The van der Waals surface area contributed by atoms with E-state index in [1.165, 1.54) is 56.3 Å². The minimum absolute atomic E-state index is 0.319. The molecule has 0 saturated carbocycles.